The molecular weight excluding hydrogens is 669 g/mol. The number of carboxylic acids is 1. The van der Waals surface area contributed by atoms with Gasteiger partial charge in [0, 0.05) is 34.6 Å². The Kier molecular flexibility index (Phi) is 13.6. The highest BCUT2D eigenvalue weighted by Gasteiger charge is 2.31. The molecular formula is C36H35F3N6O6. The van der Waals surface area contributed by atoms with Crippen molar-refractivity contribution in [2.45, 2.75) is 38.9 Å². The Morgan fingerprint density at radius 1 is 0.902 bits per heavy atom. The van der Waals surface area contributed by atoms with E-state index in [0.717, 1.165) is 24.3 Å². The van der Waals surface area contributed by atoms with E-state index in [2.05, 4.69) is 44.7 Å². The zero-order valence-corrected chi connectivity index (χ0v) is 27.6. The number of carboxylic acid groups (broad SMARTS) is 1. The smallest absolute Gasteiger partial charge is 0.416 e. The number of rotatable bonds is 15. The molecule has 0 heterocycles. The molecule has 3 rings (SSSR count). The minimum Gasteiger partial charge on any atom is -0.481 e. The van der Waals surface area contributed by atoms with Gasteiger partial charge >= 0.3 is 12.1 Å². The zero-order valence-electron chi connectivity index (χ0n) is 27.6. The van der Waals surface area contributed by atoms with Crippen LogP contribution in [0.4, 0.5) is 30.2 Å². The number of aliphatic carboxylic acids is 1. The quantitative estimate of drug-likeness (QED) is 0.0827. The monoisotopic (exact) mass is 704 g/mol. The lowest BCUT2D eigenvalue weighted by Gasteiger charge is -2.17. The second-order valence-corrected chi connectivity index (χ2v) is 10.9. The highest BCUT2D eigenvalue weighted by molar-refractivity contribution is 6.06. The van der Waals surface area contributed by atoms with Crippen molar-refractivity contribution in [1.82, 2.24) is 10.6 Å². The number of nitrogens with zero attached hydrogens (tertiary/aromatic N) is 1. The van der Waals surface area contributed by atoms with E-state index in [1.807, 2.05) is 0 Å². The summed E-state index contributed by atoms with van der Waals surface area (Å²) in [6.45, 7) is 10.5. The average molecular weight is 705 g/mol. The Morgan fingerprint density at radius 2 is 1.57 bits per heavy atom. The molecule has 3 aromatic rings. The van der Waals surface area contributed by atoms with Crippen LogP contribution in [0.3, 0.4) is 0 Å². The number of carbonyl (C=O) groups is 5. The van der Waals surface area contributed by atoms with Gasteiger partial charge in [0.25, 0.3) is 11.8 Å². The molecule has 0 aromatic heterocycles. The number of aliphatic imine (C=N–C) groups is 1. The Balaban J connectivity index is 1.63. The van der Waals surface area contributed by atoms with Gasteiger partial charge in [0.1, 0.15) is 11.9 Å². The first-order valence-corrected chi connectivity index (χ1v) is 15.2. The number of amides is 4. The van der Waals surface area contributed by atoms with Gasteiger partial charge < -0.3 is 31.7 Å². The van der Waals surface area contributed by atoms with E-state index in [1.54, 1.807) is 50.3 Å². The summed E-state index contributed by atoms with van der Waals surface area (Å²) in [5.74, 6) is -3.57. The lowest BCUT2D eigenvalue weighted by atomic mass is 10.1. The molecule has 0 aliphatic rings. The van der Waals surface area contributed by atoms with Crippen molar-refractivity contribution in [2.24, 2.45) is 4.99 Å². The fourth-order valence-corrected chi connectivity index (χ4v) is 4.38. The second-order valence-electron chi connectivity index (χ2n) is 10.9. The molecule has 0 aliphatic carbocycles. The molecule has 0 aliphatic heterocycles. The SMILES string of the molecule is C=CC(=O)NC(CCC(=O)O)C(=O)Nc1cccc(NC(=C)/N=C\C(=C/C)NC(=O)c2cc(NC(=O)c3cccc(C(F)(F)F)c3)ccc2C)c1. The molecule has 0 bridgehead atoms. The second kappa shape index (κ2) is 17.8. The van der Waals surface area contributed by atoms with Crippen molar-refractivity contribution < 1.29 is 42.3 Å². The predicted molar refractivity (Wildman–Crippen MR) is 187 cm³/mol. The van der Waals surface area contributed by atoms with Gasteiger partial charge in [-0.3, -0.25) is 24.0 Å². The number of hydrogen-bond acceptors (Lipinski definition) is 7. The van der Waals surface area contributed by atoms with Crippen molar-refractivity contribution in [1.29, 1.82) is 0 Å². The third-order valence-electron chi connectivity index (χ3n) is 7.00. The van der Waals surface area contributed by atoms with E-state index >= 15 is 0 Å². The van der Waals surface area contributed by atoms with Gasteiger partial charge in [-0.25, -0.2) is 4.99 Å². The van der Waals surface area contributed by atoms with Crippen LogP contribution in [0.2, 0.25) is 0 Å². The Bertz CT molecular complexity index is 1900. The van der Waals surface area contributed by atoms with E-state index in [0.29, 0.717) is 16.9 Å². The van der Waals surface area contributed by atoms with E-state index < -0.39 is 47.4 Å². The summed E-state index contributed by atoms with van der Waals surface area (Å²) in [5.41, 5.74) is 0.864. The van der Waals surface area contributed by atoms with E-state index in [1.165, 1.54) is 24.4 Å². The molecule has 3 aromatic carbocycles. The van der Waals surface area contributed by atoms with Crippen LogP contribution in [0, 0.1) is 6.92 Å². The maximum Gasteiger partial charge on any atom is 0.416 e. The zero-order chi connectivity index (χ0) is 37.7. The number of allylic oxidation sites excluding steroid dienone is 2. The first-order chi connectivity index (χ1) is 24.1. The molecule has 0 fully saturated rings. The fraction of sp³-hybridized carbons (Fsp3) is 0.167. The summed E-state index contributed by atoms with van der Waals surface area (Å²) < 4.78 is 39.3. The standard InChI is InChI=1S/C36H35F3N6O6/c1-5-25(42-34(50)29-19-28(14-13-21(29)3)43-33(49)23-9-7-10-24(17-23)36(37,38)39)20-40-22(4)41-26-11-8-12-27(18-26)44-35(51)30(15-16-32(47)48)45-31(46)6-2/h5-14,17-20,30,41H,2,4,15-16H2,1,3H3,(H,42,50)(H,43,49)(H,44,51)(H,45,46)(H,47,48)/b25-5+,40-20-. The molecule has 4 amide bonds. The van der Waals surface area contributed by atoms with Gasteiger partial charge in [-0.2, -0.15) is 13.2 Å². The van der Waals surface area contributed by atoms with Crippen LogP contribution in [0.15, 0.2) is 109 Å². The predicted octanol–water partition coefficient (Wildman–Crippen LogP) is 6.03. The topological polar surface area (TPSA) is 178 Å². The van der Waals surface area contributed by atoms with Gasteiger partial charge in [-0.15, -0.1) is 0 Å². The molecule has 15 heteroatoms. The van der Waals surface area contributed by atoms with Crippen molar-refractivity contribution in [3.05, 3.63) is 126 Å². The Hall–Kier alpha value is -6.51. The number of alkyl halides is 3. The highest BCUT2D eigenvalue weighted by Crippen LogP contribution is 2.30. The lowest BCUT2D eigenvalue weighted by Crippen LogP contribution is -2.43. The van der Waals surface area contributed by atoms with Crippen LogP contribution < -0.4 is 26.6 Å². The molecule has 266 valence electrons. The van der Waals surface area contributed by atoms with Gasteiger partial charge in [0.15, 0.2) is 0 Å². The average Bonchev–Trinajstić information content (AvgIpc) is 3.08. The largest absolute Gasteiger partial charge is 0.481 e. The lowest BCUT2D eigenvalue weighted by molar-refractivity contribution is -0.138. The van der Waals surface area contributed by atoms with E-state index in [-0.39, 0.29) is 41.2 Å². The summed E-state index contributed by atoms with van der Waals surface area (Å²) in [6, 6.07) is 13.8. The third kappa shape index (κ3) is 12.2. The van der Waals surface area contributed by atoms with Gasteiger partial charge in [0.2, 0.25) is 11.8 Å². The molecule has 1 unspecified atom stereocenters. The highest BCUT2D eigenvalue weighted by atomic mass is 19.4. The van der Waals surface area contributed by atoms with E-state index in [4.69, 9.17) is 5.11 Å². The molecule has 0 saturated carbocycles. The summed E-state index contributed by atoms with van der Waals surface area (Å²) in [7, 11) is 0. The molecule has 6 N–H and O–H groups in total. The number of benzene rings is 3. The Morgan fingerprint density at radius 3 is 2.22 bits per heavy atom. The third-order valence-corrected chi connectivity index (χ3v) is 7.00. The number of nitrogens with one attached hydrogen (secondary N) is 5. The van der Waals surface area contributed by atoms with Crippen molar-refractivity contribution >= 4 is 52.9 Å². The summed E-state index contributed by atoms with van der Waals surface area (Å²) in [6.07, 6.45) is -1.22. The van der Waals surface area contributed by atoms with Gasteiger partial charge in [-0.05, 0) is 80.4 Å². The molecule has 51 heavy (non-hydrogen) atoms. The van der Waals surface area contributed by atoms with Crippen LogP contribution in [-0.4, -0.2) is 47.0 Å². The van der Waals surface area contributed by atoms with Crippen LogP contribution in [0.5, 0.6) is 0 Å². The summed E-state index contributed by atoms with van der Waals surface area (Å²) in [5, 5.41) is 22.2. The summed E-state index contributed by atoms with van der Waals surface area (Å²) in [4.78, 5) is 65.6. The molecule has 1 atom stereocenters. The summed E-state index contributed by atoms with van der Waals surface area (Å²) >= 11 is 0. The maximum absolute atomic E-state index is 13.2. The maximum atomic E-state index is 13.2. The van der Waals surface area contributed by atoms with Crippen LogP contribution in [0.1, 0.15) is 51.6 Å². The van der Waals surface area contributed by atoms with Crippen LogP contribution in [0.25, 0.3) is 0 Å². The number of carbonyl (C=O) groups excluding carboxylic acids is 4. The number of aryl methyl sites for hydroxylation is 1. The van der Waals surface area contributed by atoms with E-state index in [9.17, 15) is 37.1 Å². The van der Waals surface area contributed by atoms with Crippen molar-refractivity contribution in [2.75, 3.05) is 16.0 Å². The van der Waals surface area contributed by atoms with Crippen molar-refractivity contribution in [3.8, 4) is 0 Å². The van der Waals surface area contributed by atoms with Crippen LogP contribution >= 0.6 is 0 Å². The van der Waals surface area contributed by atoms with Crippen LogP contribution in [-0.2, 0) is 20.6 Å². The first-order valence-electron chi connectivity index (χ1n) is 15.2. The van der Waals surface area contributed by atoms with Gasteiger partial charge in [-0.1, -0.05) is 37.4 Å². The van der Waals surface area contributed by atoms with Gasteiger partial charge in [0.05, 0.1) is 17.5 Å². The van der Waals surface area contributed by atoms with Crippen molar-refractivity contribution in [3.63, 3.8) is 0 Å². The fourth-order valence-electron chi connectivity index (χ4n) is 4.38. The molecule has 12 nitrogen and oxygen atoms in total. The minimum absolute atomic E-state index is 0.140. The minimum atomic E-state index is -4.61. The Labute approximate surface area is 291 Å². The number of halogens is 3. The number of hydrogen-bond donors (Lipinski definition) is 6. The first kappa shape index (κ1) is 38.9. The number of anilines is 3. The molecule has 0 spiro atoms. The molecule has 0 saturated heterocycles. The normalized spacial score (nSPS) is 12.0. The molecule has 0 radical (unpaired) electrons.